The molecular weight excluding hydrogens is 364 g/mol. The van der Waals surface area contributed by atoms with Crippen molar-refractivity contribution in [3.8, 4) is 5.75 Å². The highest BCUT2D eigenvalue weighted by molar-refractivity contribution is 5.94. The quantitative estimate of drug-likeness (QED) is 0.787. The monoisotopic (exact) mass is 392 g/mol. The predicted octanol–water partition coefficient (Wildman–Crippen LogP) is 2.81. The number of amides is 1. The molecule has 0 aliphatic carbocycles. The van der Waals surface area contributed by atoms with E-state index in [-0.39, 0.29) is 12.0 Å². The fraction of sp³-hybridized carbons (Fsp3) is 0.522. The third-order valence-electron chi connectivity index (χ3n) is 6.47. The standard InChI is InChI=1S/C23H28N4O2/c1-15-11-18-12-17(3-4-21(18)29-15)23(28)27-10-7-20-19(14-27)13-24-22(25-20)16-5-8-26(2)9-6-16/h3-4,12-13,15-16H,5-11,14H2,1-2H3. The number of aromatic nitrogens is 2. The van der Waals surface area contributed by atoms with Crippen LogP contribution >= 0.6 is 0 Å². The van der Waals surface area contributed by atoms with Gasteiger partial charge in [-0.1, -0.05) is 0 Å². The fourth-order valence-electron chi connectivity index (χ4n) is 4.71. The average Bonchev–Trinajstić information content (AvgIpc) is 3.12. The van der Waals surface area contributed by atoms with Crippen molar-refractivity contribution in [1.29, 1.82) is 0 Å². The number of fused-ring (bicyclic) bond motifs is 2. The Hall–Kier alpha value is -2.47. The van der Waals surface area contributed by atoms with Crippen LogP contribution in [0, 0.1) is 0 Å². The Kier molecular flexibility index (Phi) is 4.74. The van der Waals surface area contributed by atoms with Crippen molar-refractivity contribution in [1.82, 2.24) is 19.8 Å². The van der Waals surface area contributed by atoms with E-state index in [1.54, 1.807) is 0 Å². The van der Waals surface area contributed by atoms with Gasteiger partial charge >= 0.3 is 0 Å². The predicted molar refractivity (Wildman–Crippen MR) is 110 cm³/mol. The Bertz CT molecular complexity index is 936. The van der Waals surface area contributed by atoms with Crippen molar-refractivity contribution in [3.63, 3.8) is 0 Å². The molecular formula is C23H28N4O2. The number of piperidine rings is 1. The number of benzene rings is 1. The van der Waals surface area contributed by atoms with Crippen molar-refractivity contribution in [2.24, 2.45) is 0 Å². The number of carbonyl (C=O) groups is 1. The van der Waals surface area contributed by atoms with Crippen LogP contribution in [0.15, 0.2) is 24.4 Å². The average molecular weight is 393 g/mol. The SMILES string of the molecule is CC1Cc2cc(C(=O)N3CCc4nc(C5CCN(C)CC5)ncc4C3)ccc2O1. The molecule has 29 heavy (non-hydrogen) atoms. The third kappa shape index (κ3) is 3.62. The van der Waals surface area contributed by atoms with Crippen LogP contribution in [0.2, 0.25) is 0 Å². The van der Waals surface area contributed by atoms with Crippen molar-refractivity contribution in [3.05, 3.63) is 52.6 Å². The molecule has 1 amide bonds. The van der Waals surface area contributed by atoms with Gasteiger partial charge in [-0.25, -0.2) is 9.97 Å². The maximum Gasteiger partial charge on any atom is 0.254 e. The molecule has 1 aromatic heterocycles. The Balaban J connectivity index is 1.30. The summed E-state index contributed by atoms with van der Waals surface area (Å²) < 4.78 is 5.76. The molecule has 0 bridgehead atoms. The molecule has 6 heteroatoms. The van der Waals surface area contributed by atoms with Gasteiger partial charge in [0, 0.05) is 49.2 Å². The van der Waals surface area contributed by atoms with E-state index in [0.29, 0.717) is 19.0 Å². The topological polar surface area (TPSA) is 58.6 Å². The number of likely N-dealkylation sites (tertiary alicyclic amines) is 1. The van der Waals surface area contributed by atoms with Crippen LogP contribution in [-0.2, 0) is 19.4 Å². The summed E-state index contributed by atoms with van der Waals surface area (Å²) in [6.45, 7) is 5.57. The maximum absolute atomic E-state index is 13.1. The van der Waals surface area contributed by atoms with Crippen LogP contribution in [0.1, 0.15) is 58.7 Å². The summed E-state index contributed by atoms with van der Waals surface area (Å²) in [4.78, 5) is 26.9. The number of hydrogen-bond donors (Lipinski definition) is 0. The summed E-state index contributed by atoms with van der Waals surface area (Å²) in [5.41, 5.74) is 4.08. The van der Waals surface area contributed by atoms with Gasteiger partial charge in [-0.3, -0.25) is 4.79 Å². The molecule has 0 saturated carbocycles. The summed E-state index contributed by atoms with van der Waals surface area (Å²) in [7, 11) is 2.17. The zero-order valence-corrected chi connectivity index (χ0v) is 17.2. The van der Waals surface area contributed by atoms with E-state index in [1.807, 2.05) is 29.3 Å². The molecule has 0 radical (unpaired) electrons. The third-order valence-corrected chi connectivity index (χ3v) is 6.47. The molecule has 2 aromatic rings. The van der Waals surface area contributed by atoms with Gasteiger partial charge in [0.05, 0.1) is 5.69 Å². The summed E-state index contributed by atoms with van der Waals surface area (Å²) in [5, 5.41) is 0. The van der Waals surface area contributed by atoms with Crippen molar-refractivity contribution < 1.29 is 9.53 Å². The molecule has 1 aromatic carbocycles. The minimum atomic E-state index is 0.0809. The number of ether oxygens (including phenoxy) is 1. The molecule has 0 N–H and O–H groups in total. The fourth-order valence-corrected chi connectivity index (χ4v) is 4.71. The largest absolute Gasteiger partial charge is 0.490 e. The van der Waals surface area contributed by atoms with Gasteiger partial charge in [-0.15, -0.1) is 0 Å². The lowest BCUT2D eigenvalue weighted by atomic mass is 9.95. The van der Waals surface area contributed by atoms with E-state index in [1.165, 1.54) is 0 Å². The summed E-state index contributed by atoms with van der Waals surface area (Å²) in [6, 6.07) is 5.81. The van der Waals surface area contributed by atoms with Crippen molar-refractivity contribution in [2.45, 2.75) is 51.2 Å². The Morgan fingerprint density at radius 2 is 2.00 bits per heavy atom. The molecule has 6 nitrogen and oxygen atoms in total. The second-order valence-corrected chi connectivity index (χ2v) is 8.71. The van der Waals surface area contributed by atoms with Gasteiger partial charge in [0.1, 0.15) is 17.7 Å². The zero-order chi connectivity index (χ0) is 20.0. The van der Waals surface area contributed by atoms with Gasteiger partial charge in [-0.05, 0) is 63.7 Å². The molecule has 0 spiro atoms. The molecule has 3 aliphatic rings. The Morgan fingerprint density at radius 3 is 2.83 bits per heavy atom. The molecule has 1 atom stereocenters. The summed E-state index contributed by atoms with van der Waals surface area (Å²) in [5.74, 6) is 2.45. The highest BCUT2D eigenvalue weighted by atomic mass is 16.5. The second kappa shape index (κ2) is 7.41. The van der Waals surface area contributed by atoms with E-state index in [9.17, 15) is 4.79 Å². The molecule has 1 unspecified atom stereocenters. The lowest BCUT2D eigenvalue weighted by Gasteiger charge is -2.30. The van der Waals surface area contributed by atoms with E-state index in [4.69, 9.17) is 9.72 Å². The minimum Gasteiger partial charge on any atom is -0.490 e. The van der Waals surface area contributed by atoms with Gasteiger partial charge in [-0.2, -0.15) is 0 Å². The van der Waals surface area contributed by atoms with Gasteiger partial charge < -0.3 is 14.5 Å². The van der Waals surface area contributed by atoms with E-state index in [0.717, 1.165) is 72.7 Å². The van der Waals surface area contributed by atoms with Crippen LogP contribution in [-0.4, -0.2) is 58.5 Å². The highest BCUT2D eigenvalue weighted by Gasteiger charge is 2.27. The Labute approximate surface area is 171 Å². The van der Waals surface area contributed by atoms with Gasteiger partial charge in [0.25, 0.3) is 5.91 Å². The van der Waals surface area contributed by atoms with Crippen molar-refractivity contribution in [2.75, 3.05) is 26.7 Å². The smallest absolute Gasteiger partial charge is 0.254 e. The van der Waals surface area contributed by atoms with Crippen LogP contribution in [0.25, 0.3) is 0 Å². The highest BCUT2D eigenvalue weighted by Crippen LogP contribution is 2.31. The first-order valence-corrected chi connectivity index (χ1v) is 10.7. The Morgan fingerprint density at radius 1 is 1.17 bits per heavy atom. The van der Waals surface area contributed by atoms with Crippen molar-refractivity contribution >= 4 is 5.91 Å². The summed E-state index contributed by atoms with van der Waals surface area (Å²) in [6.07, 6.45) is 6.06. The number of hydrogen-bond acceptors (Lipinski definition) is 5. The molecule has 152 valence electrons. The number of carbonyl (C=O) groups excluding carboxylic acids is 1. The first kappa shape index (κ1) is 18.6. The normalized spacial score (nSPS) is 22.1. The van der Waals surface area contributed by atoms with E-state index >= 15 is 0 Å². The summed E-state index contributed by atoms with van der Waals surface area (Å²) >= 11 is 0. The maximum atomic E-state index is 13.1. The molecule has 5 rings (SSSR count). The molecule has 4 heterocycles. The second-order valence-electron chi connectivity index (χ2n) is 8.71. The lowest BCUT2D eigenvalue weighted by molar-refractivity contribution is 0.0733. The van der Waals surface area contributed by atoms with Crippen LogP contribution in [0.4, 0.5) is 0 Å². The number of nitrogens with zero attached hydrogens (tertiary/aromatic N) is 4. The van der Waals surface area contributed by atoms with Gasteiger partial charge in [0.15, 0.2) is 0 Å². The molecule has 1 fully saturated rings. The molecule has 3 aliphatic heterocycles. The lowest BCUT2D eigenvalue weighted by Crippen LogP contribution is -2.37. The molecule has 1 saturated heterocycles. The van der Waals surface area contributed by atoms with E-state index in [2.05, 4.69) is 23.9 Å². The van der Waals surface area contributed by atoms with E-state index < -0.39 is 0 Å². The van der Waals surface area contributed by atoms with Crippen LogP contribution < -0.4 is 4.74 Å². The first-order valence-electron chi connectivity index (χ1n) is 10.7. The zero-order valence-electron chi connectivity index (χ0n) is 17.2. The van der Waals surface area contributed by atoms with Crippen LogP contribution in [0.5, 0.6) is 5.75 Å². The number of rotatable bonds is 2. The van der Waals surface area contributed by atoms with Gasteiger partial charge in [0.2, 0.25) is 0 Å². The first-order chi connectivity index (χ1) is 14.1. The minimum absolute atomic E-state index is 0.0809. The van der Waals surface area contributed by atoms with Crippen LogP contribution in [0.3, 0.4) is 0 Å².